The average molecular weight is 354 g/mol. The molecule has 0 unspecified atom stereocenters. The number of thiophene rings is 1. The van der Waals surface area contributed by atoms with Gasteiger partial charge in [0.15, 0.2) is 0 Å². The second kappa shape index (κ2) is 7.88. The summed E-state index contributed by atoms with van der Waals surface area (Å²) in [7, 11) is -4.71. The summed E-state index contributed by atoms with van der Waals surface area (Å²) in [5.74, 6) is 0.825. The molecule has 0 saturated carbocycles. The number of carbonyl (C=O) groups excluding carboxylic acids is 1. The van der Waals surface area contributed by atoms with Crippen molar-refractivity contribution in [3.05, 3.63) is 51.7 Å². The van der Waals surface area contributed by atoms with E-state index < -0.39 is 13.1 Å². The molecule has 5 nitrogen and oxygen atoms in total. The van der Waals surface area contributed by atoms with Crippen LogP contribution in [0, 0.1) is 0 Å². The van der Waals surface area contributed by atoms with Crippen LogP contribution in [-0.4, -0.2) is 21.9 Å². The van der Waals surface area contributed by atoms with Crippen LogP contribution in [0.1, 0.15) is 39.9 Å². The molecule has 23 heavy (non-hydrogen) atoms. The monoisotopic (exact) mass is 354 g/mol. The summed E-state index contributed by atoms with van der Waals surface area (Å²) in [6, 6.07) is 10.9. The smallest absolute Gasteiger partial charge is 0.397 e. The van der Waals surface area contributed by atoms with Gasteiger partial charge in [-0.2, -0.15) is 0 Å². The molecule has 2 aromatic rings. The number of hydrogen-bond donors (Lipinski definition) is 2. The minimum absolute atomic E-state index is 0.0906. The van der Waals surface area contributed by atoms with Gasteiger partial charge in [-0.25, -0.2) is 0 Å². The van der Waals surface area contributed by atoms with Crippen LogP contribution in [0.5, 0.6) is 5.75 Å². The van der Waals surface area contributed by atoms with Gasteiger partial charge in [0.25, 0.3) is 5.52 Å². The zero-order chi connectivity index (χ0) is 16.9. The van der Waals surface area contributed by atoms with Crippen molar-refractivity contribution in [1.29, 1.82) is 0 Å². The van der Waals surface area contributed by atoms with Gasteiger partial charge in [0.1, 0.15) is 5.75 Å². The van der Waals surface area contributed by atoms with Gasteiger partial charge in [-0.05, 0) is 36.2 Å². The van der Waals surface area contributed by atoms with Crippen LogP contribution >= 0.6 is 18.9 Å². The molecule has 0 atom stereocenters. The Labute approximate surface area is 139 Å². The maximum atomic E-state index is 11.5. The molecule has 1 aromatic carbocycles. The minimum atomic E-state index is -4.71. The fraction of sp³-hybridized carbons (Fsp3) is 0.312. The highest BCUT2D eigenvalue weighted by atomic mass is 32.1. The Balaban J connectivity index is 1.99. The molecule has 1 aromatic heterocycles. The standard InChI is InChI=1S/C16H19O5PS/c1-2-3-10-21-13-6-4-12(5-7-13)11-14-8-9-15(23-14)16(17)22(18,19)20/h4-9H,2-3,10-11H2,1H3,(H2,18,19,20). The van der Waals surface area contributed by atoms with E-state index in [1.807, 2.05) is 24.3 Å². The van der Waals surface area contributed by atoms with E-state index >= 15 is 0 Å². The number of ether oxygens (including phenoxy) is 1. The Kier molecular flexibility index (Phi) is 6.13. The van der Waals surface area contributed by atoms with Gasteiger partial charge in [-0.3, -0.25) is 9.36 Å². The molecule has 0 aliphatic carbocycles. The van der Waals surface area contributed by atoms with Crippen LogP contribution in [0.2, 0.25) is 0 Å². The van der Waals surface area contributed by atoms with E-state index in [0.717, 1.165) is 40.4 Å². The van der Waals surface area contributed by atoms with E-state index in [1.165, 1.54) is 6.07 Å². The zero-order valence-electron chi connectivity index (χ0n) is 12.8. The molecule has 2 N–H and O–H groups in total. The molecule has 1 heterocycles. The number of unbranched alkanes of at least 4 members (excludes halogenated alkanes) is 1. The van der Waals surface area contributed by atoms with Gasteiger partial charge in [0.2, 0.25) is 0 Å². The first-order valence-corrected chi connectivity index (χ1v) is 9.74. The fourth-order valence-electron chi connectivity index (χ4n) is 1.97. The third-order valence-electron chi connectivity index (χ3n) is 3.21. The lowest BCUT2D eigenvalue weighted by molar-refractivity contribution is 0.104. The Morgan fingerprint density at radius 3 is 2.48 bits per heavy atom. The lowest BCUT2D eigenvalue weighted by atomic mass is 10.1. The molecular weight excluding hydrogens is 335 g/mol. The Morgan fingerprint density at radius 2 is 1.87 bits per heavy atom. The molecule has 0 bridgehead atoms. The molecule has 0 spiro atoms. The number of hydrogen-bond acceptors (Lipinski definition) is 4. The molecule has 0 amide bonds. The minimum Gasteiger partial charge on any atom is -0.494 e. The van der Waals surface area contributed by atoms with Crippen molar-refractivity contribution in [3.8, 4) is 5.75 Å². The van der Waals surface area contributed by atoms with Crippen molar-refractivity contribution in [2.75, 3.05) is 6.61 Å². The molecule has 0 aliphatic heterocycles. The van der Waals surface area contributed by atoms with Crippen LogP contribution < -0.4 is 4.74 Å². The Bertz CT molecular complexity index is 702. The lowest BCUT2D eigenvalue weighted by Crippen LogP contribution is -1.96. The van der Waals surface area contributed by atoms with Crippen LogP contribution in [0.25, 0.3) is 0 Å². The molecule has 0 saturated heterocycles. The van der Waals surface area contributed by atoms with Crippen LogP contribution in [0.15, 0.2) is 36.4 Å². The first-order valence-electron chi connectivity index (χ1n) is 7.31. The maximum absolute atomic E-state index is 11.5. The number of rotatable bonds is 8. The molecule has 0 aliphatic rings. The third kappa shape index (κ3) is 5.29. The summed E-state index contributed by atoms with van der Waals surface area (Å²) in [5.41, 5.74) is -0.0710. The summed E-state index contributed by atoms with van der Waals surface area (Å²) in [6.45, 7) is 2.81. The van der Waals surface area contributed by atoms with E-state index in [2.05, 4.69) is 6.92 Å². The number of carbonyl (C=O) groups is 1. The van der Waals surface area contributed by atoms with E-state index in [1.54, 1.807) is 6.07 Å². The topological polar surface area (TPSA) is 83.8 Å². The summed E-state index contributed by atoms with van der Waals surface area (Å²) in [5, 5.41) is 0. The van der Waals surface area contributed by atoms with Crippen molar-refractivity contribution < 1.29 is 23.9 Å². The quantitative estimate of drug-likeness (QED) is 0.556. The maximum Gasteiger partial charge on any atom is 0.397 e. The van der Waals surface area contributed by atoms with Gasteiger partial charge in [0.05, 0.1) is 11.5 Å². The van der Waals surface area contributed by atoms with E-state index in [0.29, 0.717) is 13.0 Å². The highest BCUT2D eigenvalue weighted by Crippen LogP contribution is 2.41. The first-order chi connectivity index (χ1) is 10.9. The Morgan fingerprint density at radius 1 is 1.17 bits per heavy atom. The highest BCUT2D eigenvalue weighted by Gasteiger charge is 2.28. The van der Waals surface area contributed by atoms with Gasteiger partial charge < -0.3 is 14.5 Å². The largest absolute Gasteiger partial charge is 0.494 e. The summed E-state index contributed by atoms with van der Waals surface area (Å²) < 4.78 is 16.6. The normalized spacial score (nSPS) is 11.4. The van der Waals surface area contributed by atoms with Crippen LogP contribution in [-0.2, 0) is 11.0 Å². The van der Waals surface area contributed by atoms with Gasteiger partial charge in [-0.1, -0.05) is 25.5 Å². The van der Waals surface area contributed by atoms with Gasteiger partial charge in [-0.15, -0.1) is 11.3 Å². The SMILES string of the molecule is CCCCOc1ccc(Cc2ccc(C(=O)P(=O)(O)O)s2)cc1. The predicted molar refractivity (Wildman–Crippen MR) is 90.3 cm³/mol. The van der Waals surface area contributed by atoms with Crippen LogP contribution in [0.3, 0.4) is 0 Å². The molecule has 7 heteroatoms. The van der Waals surface area contributed by atoms with Crippen LogP contribution in [0.4, 0.5) is 0 Å². The fourth-order valence-corrected chi connectivity index (χ4v) is 3.71. The van der Waals surface area contributed by atoms with Gasteiger partial charge >= 0.3 is 7.60 Å². The van der Waals surface area contributed by atoms with Crippen molar-refractivity contribution in [1.82, 2.24) is 0 Å². The van der Waals surface area contributed by atoms with Crippen molar-refractivity contribution in [2.24, 2.45) is 0 Å². The molecule has 0 fully saturated rings. The third-order valence-corrected chi connectivity index (χ3v) is 5.21. The van der Waals surface area contributed by atoms with Crippen molar-refractivity contribution in [3.63, 3.8) is 0 Å². The molecule has 0 radical (unpaired) electrons. The molecule has 2 rings (SSSR count). The first kappa shape index (κ1) is 17.9. The van der Waals surface area contributed by atoms with E-state index in [4.69, 9.17) is 14.5 Å². The zero-order valence-corrected chi connectivity index (χ0v) is 14.5. The predicted octanol–water partition coefficient (Wildman–Crippen LogP) is 3.84. The average Bonchev–Trinajstić information content (AvgIpc) is 2.96. The highest BCUT2D eigenvalue weighted by molar-refractivity contribution is 7.71. The molecule has 124 valence electrons. The second-order valence-corrected chi connectivity index (χ2v) is 7.80. The second-order valence-electron chi connectivity index (χ2n) is 5.14. The molecular formula is C16H19O5PS. The summed E-state index contributed by atoms with van der Waals surface area (Å²) in [4.78, 5) is 30.3. The van der Waals surface area contributed by atoms with E-state index in [9.17, 15) is 9.36 Å². The van der Waals surface area contributed by atoms with Crippen molar-refractivity contribution >= 4 is 24.5 Å². The lowest BCUT2D eigenvalue weighted by Gasteiger charge is -2.06. The summed E-state index contributed by atoms with van der Waals surface area (Å²) in [6.07, 6.45) is 2.72. The van der Waals surface area contributed by atoms with Crippen molar-refractivity contribution in [2.45, 2.75) is 26.2 Å². The summed E-state index contributed by atoms with van der Waals surface area (Å²) >= 11 is 1.11. The van der Waals surface area contributed by atoms with Gasteiger partial charge in [0, 0.05) is 11.3 Å². The van der Waals surface area contributed by atoms with E-state index in [-0.39, 0.29) is 4.88 Å². The Hall–Kier alpha value is -1.46. The number of benzene rings is 1.